The maximum atomic E-state index is 11.2. The average molecular weight is 299 g/mol. The van der Waals surface area contributed by atoms with Gasteiger partial charge in [0.05, 0.1) is 18.1 Å². The lowest BCUT2D eigenvalue weighted by Gasteiger charge is -2.14. The first kappa shape index (κ1) is 16.8. The fourth-order valence-electron chi connectivity index (χ4n) is 1.72. The van der Waals surface area contributed by atoms with Gasteiger partial charge in [0.25, 0.3) is 0 Å². The van der Waals surface area contributed by atoms with Crippen molar-refractivity contribution in [3.63, 3.8) is 0 Å². The molecule has 0 saturated heterocycles. The number of benzene rings is 1. The number of carbonyl (C=O) groups excluding carboxylic acids is 1. The van der Waals surface area contributed by atoms with Crippen LogP contribution in [0.15, 0.2) is 18.2 Å². The Morgan fingerprint density at radius 2 is 2.15 bits per heavy atom. The van der Waals surface area contributed by atoms with Gasteiger partial charge in [-0.05, 0) is 18.5 Å². The monoisotopic (exact) mass is 298 g/mol. The van der Waals surface area contributed by atoms with E-state index in [0.717, 1.165) is 12.1 Å². The number of amides is 1. The third kappa shape index (κ3) is 5.80. The van der Waals surface area contributed by atoms with Crippen molar-refractivity contribution >= 4 is 17.5 Å². The molecule has 4 nitrogen and oxygen atoms in total. The Hall–Kier alpha value is -1.26. The molecule has 0 heterocycles. The Morgan fingerprint density at radius 1 is 1.40 bits per heavy atom. The van der Waals surface area contributed by atoms with E-state index >= 15 is 0 Å². The molecule has 0 aliphatic heterocycles. The van der Waals surface area contributed by atoms with Gasteiger partial charge < -0.3 is 15.4 Å². The smallest absolute Gasteiger partial charge is 0.223 e. The van der Waals surface area contributed by atoms with Gasteiger partial charge >= 0.3 is 0 Å². The number of carbonyl (C=O) groups is 1. The molecule has 0 atom stereocenters. The zero-order chi connectivity index (χ0) is 15.0. The molecule has 0 spiro atoms. The summed E-state index contributed by atoms with van der Waals surface area (Å²) in [5, 5.41) is 6.50. The summed E-state index contributed by atoms with van der Waals surface area (Å²) in [5.74, 6) is 1.21. The van der Waals surface area contributed by atoms with Crippen molar-refractivity contribution in [1.29, 1.82) is 0 Å². The van der Waals surface area contributed by atoms with E-state index in [2.05, 4.69) is 24.5 Å². The highest BCUT2D eigenvalue weighted by Crippen LogP contribution is 2.28. The van der Waals surface area contributed by atoms with Crippen LogP contribution in [0, 0.1) is 5.92 Å². The summed E-state index contributed by atoms with van der Waals surface area (Å²) in [5.41, 5.74) is 1.01. The molecule has 112 valence electrons. The summed E-state index contributed by atoms with van der Waals surface area (Å²) in [6, 6.07) is 5.68. The topological polar surface area (TPSA) is 50.4 Å². The zero-order valence-corrected chi connectivity index (χ0v) is 13.1. The fourth-order valence-corrected chi connectivity index (χ4v) is 1.97. The van der Waals surface area contributed by atoms with Crippen molar-refractivity contribution in [3.05, 3.63) is 28.8 Å². The summed E-state index contributed by atoms with van der Waals surface area (Å²) in [6.45, 7) is 6.27. The van der Waals surface area contributed by atoms with Gasteiger partial charge in [-0.3, -0.25) is 4.79 Å². The van der Waals surface area contributed by atoms with E-state index in [1.54, 1.807) is 13.1 Å². The van der Waals surface area contributed by atoms with Crippen LogP contribution < -0.4 is 15.4 Å². The molecule has 5 heteroatoms. The summed E-state index contributed by atoms with van der Waals surface area (Å²) >= 11 is 6.17. The predicted octanol–water partition coefficient (Wildman–Crippen LogP) is 2.60. The SMILES string of the molecule is CNC(=O)CCOc1c(Cl)cccc1CNCC(C)C. The average Bonchev–Trinajstić information content (AvgIpc) is 2.41. The molecular weight excluding hydrogens is 276 g/mol. The number of ether oxygens (including phenoxy) is 1. The molecule has 0 aromatic heterocycles. The van der Waals surface area contributed by atoms with Gasteiger partial charge in [-0.25, -0.2) is 0 Å². The van der Waals surface area contributed by atoms with E-state index < -0.39 is 0 Å². The third-order valence-corrected chi connectivity index (χ3v) is 3.07. The number of halogens is 1. The molecule has 1 aromatic rings. The molecule has 0 aliphatic carbocycles. The highest BCUT2D eigenvalue weighted by molar-refractivity contribution is 6.32. The highest BCUT2D eigenvalue weighted by Gasteiger charge is 2.09. The van der Waals surface area contributed by atoms with Gasteiger partial charge in [-0.1, -0.05) is 37.6 Å². The van der Waals surface area contributed by atoms with E-state index in [1.165, 1.54) is 0 Å². The second kappa shape index (κ2) is 8.82. The van der Waals surface area contributed by atoms with E-state index in [0.29, 0.717) is 36.3 Å². The van der Waals surface area contributed by atoms with Crippen molar-refractivity contribution in [3.8, 4) is 5.75 Å². The van der Waals surface area contributed by atoms with Gasteiger partial charge in [-0.15, -0.1) is 0 Å². The Morgan fingerprint density at radius 3 is 2.80 bits per heavy atom. The van der Waals surface area contributed by atoms with Crippen LogP contribution in [0.4, 0.5) is 0 Å². The molecule has 1 aromatic carbocycles. The summed E-state index contributed by atoms with van der Waals surface area (Å²) < 4.78 is 5.67. The molecule has 0 bridgehead atoms. The molecule has 0 unspecified atom stereocenters. The molecule has 0 aliphatic rings. The van der Waals surface area contributed by atoms with E-state index in [4.69, 9.17) is 16.3 Å². The van der Waals surface area contributed by atoms with Crippen LogP contribution in [0.3, 0.4) is 0 Å². The van der Waals surface area contributed by atoms with Gasteiger partial charge in [0.15, 0.2) is 0 Å². The summed E-state index contributed by atoms with van der Waals surface area (Å²) in [4.78, 5) is 11.2. The number of rotatable bonds is 8. The third-order valence-electron chi connectivity index (χ3n) is 2.77. The number of hydrogen-bond acceptors (Lipinski definition) is 3. The Balaban J connectivity index is 2.60. The van der Waals surface area contributed by atoms with Crippen molar-refractivity contribution in [2.75, 3.05) is 20.2 Å². The van der Waals surface area contributed by atoms with E-state index in [9.17, 15) is 4.79 Å². The second-order valence-electron chi connectivity index (χ2n) is 5.02. The van der Waals surface area contributed by atoms with E-state index in [1.807, 2.05) is 12.1 Å². The minimum atomic E-state index is -0.0449. The summed E-state index contributed by atoms with van der Waals surface area (Å²) in [7, 11) is 1.61. The first-order valence-corrected chi connectivity index (χ1v) is 7.24. The minimum Gasteiger partial charge on any atom is -0.491 e. The van der Waals surface area contributed by atoms with E-state index in [-0.39, 0.29) is 5.91 Å². The van der Waals surface area contributed by atoms with Gasteiger partial charge in [0.2, 0.25) is 5.91 Å². The lowest BCUT2D eigenvalue weighted by atomic mass is 10.1. The fraction of sp³-hybridized carbons (Fsp3) is 0.533. The number of para-hydroxylation sites is 1. The van der Waals surface area contributed by atoms with Crippen LogP contribution in [-0.2, 0) is 11.3 Å². The lowest BCUT2D eigenvalue weighted by molar-refractivity contribution is -0.121. The molecule has 20 heavy (non-hydrogen) atoms. The van der Waals surface area contributed by atoms with Crippen molar-refractivity contribution in [1.82, 2.24) is 10.6 Å². The Kier molecular flexibility index (Phi) is 7.41. The molecule has 1 amide bonds. The number of nitrogens with one attached hydrogen (secondary N) is 2. The standard InChI is InChI=1S/C15H23ClN2O2/c1-11(2)9-18-10-12-5-4-6-13(16)15(12)20-8-7-14(19)17-3/h4-6,11,18H,7-10H2,1-3H3,(H,17,19). The zero-order valence-electron chi connectivity index (χ0n) is 12.3. The van der Waals surface area contributed by atoms with Crippen LogP contribution in [0.25, 0.3) is 0 Å². The normalized spacial score (nSPS) is 10.7. The Labute approximate surface area is 125 Å². The maximum absolute atomic E-state index is 11.2. The largest absolute Gasteiger partial charge is 0.491 e. The predicted molar refractivity (Wildman–Crippen MR) is 82.2 cm³/mol. The van der Waals surface area contributed by atoms with Crippen LogP contribution >= 0.6 is 11.6 Å². The van der Waals surface area contributed by atoms with Crippen LogP contribution in [0.1, 0.15) is 25.8 Å². The van der Waals surface area contributed by atoms with Crippen LogP contribution in [-0.4, -0.2) is 26.1 Å². The van der Waals surface area contributed by atoms with Crippen molar-refractivity contribution in [2.45, 2.75) is 26.8 Å². The van der Waals surface area contributed by atoms with Crippen LogP contribution in [0.5, 0.6) is 5.75 Å². The lowest BCUT2D eigenvalue weighted by Crippen LogP contribution is -2.21. The van der Waals surface area contributed by atoms with Gasteiger partial charge in [-0.2, -0.15) is 0 Å². The number of hydrogen-bond donors (Lipinski definition) is 2. The van der Waals surface area contributed by atoms with Gasteiger partial charge in [0.1, 0.15) is 5.75 Å². The highest BCUT2D eigenvalue weighted by atomic mass is 35.5. The summed E-state index contributed by atoms with van der Waals surface area (Å²) in [6.07, 6.45) is 0.320. The quantitative estimate of drug-likeness (QED) is 0.775. The van der Waals surface area contributed by atoms with Crippen molar-refractivity contribution in [2.24, 2.45) is 5.92 Å². The second-order valence-corrected chi connectivity index (χ2v) is 5.43. The van der Waals surface area contributed by atoms with Crippen molar-refractivity contribution < 1.29 is 9.53 Å². The first-order valence-electron chi connectivity index (χ1n) is 6.86. The first-order chi connectivity index (χ1) is 9.54. The Bertz CT molecular complexity index is 436. The van der Waals surface area contributed by atoms with Gasteiger partial charge in [0, 0.05) is 19.2 Å². The van der Waals surface area contributed by atoms with Crippen LogP contribution in [0.2, 0.25) is 5.02 Å². The molecule has 0 fully saturated rings. The molecule has 0 saturated carbocycles. The minimum absolute atomic E-state index is 0.0449. The molecule has 1 rings (SSSR count). The molecular formula is C15H23ClN2O2. The molecule has 0 radical (unpaired) electrons. The molecule has 2 N–H and O–H groups in total. The maximum Gasteiger partial charge on any atom is 0.223 e.